The van der Waals surface area contributed by atoms with Crippen LogP contribution in [-0.2, 0) is 9.53 Å². The number of rotatable bonds is 4. The Kier molecular flexibility index (Phi) is 3.94. The Labute approximate surface area is 133 Å². The minimum atomic E-state index is -3.74. The van der Waals surface area contributed by atoms with Crippen molar-refractivity contribution in [1.29, 1.82) is 0 Å². The van der Waals surface area contributed by atoms with Crippen LogP contribution in [0.25, 0.3) is 0 Å². The molecule has 0 aliphatic carbocycles. The molecule has 0 spiro atoms. The molecule has 1 aliphatic rings. The quantitative estimate of drug-likeness (QED) is 0.846. The first-order chi connectivity index (χ1) is 11.4. The van der Waals surface area contributed by atoms with Crippen molar-refractivity contribution in [3.8, 4) is 11.5 Å². The van der Waals surface area contributed by atoms with Gasteiger partial charge in [-0.15, -0.1) is 8.78 Å². The van der Waals surface area contributed by atoms with Gasteiger partial charge in [0.2, 0.25) is 0 Å². The van der Waals surface area contributed by atoms with Crippen molar-refractivity contribution in [2.45, 2.75) is 6.29 Å². The zero-order valence-electron chi connectivity index (χ0n) is 11.9. The van der Waals surface area contributed by atoms with E-state index in [1.807, 2.05) is 0 Å². The number of alkyl halides is 2. The topological polar surface area (TPSA) is 99.6 Å². The van der Waals surface area contributed by atoms with Crippen LogP contribution in [-0.4, -0.2) is 34.7 Å². The molecule has 0 unspecified atom stereocenters. The zero-order valence-corrected chi connectivity index (χ0v) is 11.9. The molecule has 1 aromatic carbocycles. The number of carbonyl (C=O) groups is 2. The van der Waals surface area contributed by atoms with Crippen LogP contribution < -0.4 is 14.8 Å². The summed E-state index contributed by atoms with van der Waals surface area (Å²) in [6.45, 7) is -0.583. The lowest BCUT2D eigenvalue weighted by Crippen LogP contribution is -2.25. The number of ether oxygens (including phenoxy) is 3. The normalized spacial score (nSPS) is 14.1. The largest absolute Gasteiger partial charge is 0.586 e. The second-order valence-corrected chi connectivity index (χ2v) is 4.54. The number of carbonyl (C=O) groups excluding carboxylic acids is 2. The summed E-state index contributed by atoms with van der Waals surface area (Å²) in [6.07, 6.45) is 0.140. The van der Waals surface area contributed by atoms with E-state index in [-0.39, 0.29) is 22.9 Å². The molecule has 124 valence electrons. The third-order valence-corrected chi connectivity index (χ3v) is 2.79. The highest BCUT2D eigenvalue weighted by Crippen LogP contribution is 2.42. The third kappa shape index (κ3) is 3.54. The number of halogens is 2. The zero-order chi connectivity index (χ0) is 17.2. The number of anilines is 1. The highest BCUT2D eigenvalue weighted by Gasteiger charge is 2.43. The van der Waals surface area contributed by atoms with E-state index in [4.69, 9.17) is 4.74 Å². The first-order valence-electron chi connectivity index (χ1n) is 6.56. The predicted molar refractivity (Wildman–Crippen MR) is 73.6 cm³/mol. The van der Waals surface area contributed by atoms with Gasteiger partial charge in [-0.2, -0.15) is 0 Å². The lowest BCUT2D eigenvalue weighted by Gasteiger charge is -2.06. The van der Waals surface area contributed by atoms with Crippen molar-refractivity contribution < 1.29 is 32.6 Å². The molecule has 1 N–H and O–H groups in total. The molecule has 10 heteroatoms. The number of benzene rings is 1. The van der Waals surface area contributed by atoms with Crippen molar-refractivity contribution in [2.75, 3.05) is 11.9 Å². The van der Waals surface area contributed by atoms with Gasteiger partial charge in [-0.1, -0.05) is 0 Å². The van der Waals surface area contributed by atoms with Gasteiger partial charge in [0.15, 0.2) is 23.8 Å². The minimum absolute atomic E-state index is 0.0457. The highest BCUT2D eigenvalue weighted by atomic mass is 19.3. The van der Waals surface area contributed by atoms with Crippen molar-refractivity contribution in [3.63, 3.8) is 0 Å². The van der Waals surface area contributed by atoms with Gasteiger partial charge in [0.25, 0.3) is 5.91 Å². The van der Waals surface area contributed by atoms with Crippen molar-refractivity contribution >= 4 is 17.6 Å². The van der Waals surface area contributed by atoms with Gasteiger partial charge in [0, 0.05) is 24.1 Å². The SMILES string of the molecule is O=C(COC(=O)c1cnccn1)Nc1ccc2c(c1)OC(F)(F)O2. The summed E-state index contributed by atoms with van der Waals surface area (Å²) in [4.78, 5) is 30.8. The third-order valence-electron chi connectivity index (χ3n) is 2.79. The van der Waals surface area contributed by atoms with E-state index < -0.39 is 24.8 Å². The van der Waals surface area contributed by atoms with Crippen molar-refractivity contribution in [2.24, 2.45) is 0 Å². The lowest BCUT2D eigenvalue weighted by molar-refractivity contribution is -0.286. The molecule has 0 bridgehead atoms. The fourth-order valence-corrected chi connectivity index (χ4v) is 1.83. The van der Waals surface area contributed by atoms with E-state index in [1.165, 1.54) is 36.8 Å². The van der Waals surface area contributed by atoms with Crippen LogP contribution in [0.2, 0.25) is 0 Å². The Bertz CT molecular complexity index is 785. The molecule has 1 aromatic heterocycles. The van der Waals surface area contributed by atoms with Gasteiger partial charge >= 0.3 is 12.3 Å². The van der Waals surface area contributed by atoms with Gasteiger partial charge in [0.1, 0.15) is 0 Å². The molecular weight excluding hydrogens is 328 g/mol. The summed E-state index contributed by atoms with van der Waals surface area (Å²) in [6, 6.07) is 3.72. The van der Waals surface area contributed by atoms with E-state index >= 15 is 0 Å². The summed E-state index contributed by atoms with van der Waals surface area (Å²) in [5, 5.41) is 2.37. The van der Waals surface area contributed by atoms with Crippen LogP contribution in [0.3, 0.4) is 0 Å². The Morgan fingerprint density at radius 2 is 2.00 bits per heavy atom. The lowest BCUT2D eigenvalue weighted by atomic mass is 10.3. The summed E-state index contributed by atoms with van der Waals surface area (Å²) in [7, 11) is 0. The van der Waals surface area contributed by atoms with E-state index in [0.717, 1.165) is 0 Å². The molecule has 2 aromatic rings. The molecule has 24 heavy (non-hydrogen) atoms. The fourth-order valence-electron chi connectivity index (χ4n) is 1.83. The summed E-state index contributed by atoms with van der Waals surface area (Å²) >= 11 is 0. The molecule has 2 heterocycles. The predicted octanol–water partition coefficient (Wildman–Crippen LogP) is 1.59. The molecule has 0 radical (unpaired) electrons. The van der Waals surface area contributed by atoms with Crippen LogP contribution >= 0.6 is 0 Å². The van der Waals surface area contributed by atoms with Gasteiger partial charge in [0.05, 0.1) is 6.20 Å². The Hall–Kier alpha value is -3.30. The second kappa shape index (κ2) is 6.07. The van der Waals surface area contributed by atoms with Crippen LogP contribution in [0.1, 0.15) is 10.5 Å². The maximum Gasteiger partial charge on any atom is 0.586 e. The monoisotopic (exact) mass is 337 g/mol. The summed E-state index contributed by atoms with van der Waals surface area (Å²) in [5.41, 5.74) is 0.131. The smallest absolute Gasteiger partial charge is 0.451 e. The summed E-state index contributed by atoms with van der Waals surface area (Å²) < 4.78 is 39.1. The number of amides is 1. The van der Waals surface area contributed by atoms with Gasteiger partial charge in [-0.3, -0.25) is 9.78 Å². The van der Waals surface area contributed by atoms with Gasteiger partial charge < -0.3 is 19.5 Å². The van der Waals surface area contributed by atoms with Crippen molar-refractivity contribution in [1.82, 2.24) is 9.97 Å². The average Bonchev–Trinajstić information content (AvgIpc) is 2.86. The number of hydrogen-bond donors (Lipinski definition) is 1. The molecule has 3 rings (SSSR count). The highest BCUT2D eigenvalue weighted by molar-refractivity contribution is 5.94. The van der Waals surface area contributed by atoms with Crippen LogP contribution in [0.15, 0.2) is 36.8 Å². The van der Waals surface area contributed by atoms with Crippen LogP contribution in [0.4, 0.5) is 14.5 Å². The van der Waals surface area contributed by atoms with E-state index in [0.29, 0.717) is 0 Å². The van der Waals surface area contributed by atoms with E-state index in [9.17, 15) is 18.4 Å². The molecule has 0 saturated carbocycles. The maximum atomic E-state index is 12.9. The Balaban J connectivity index is 1.56. The number of fused-ring (bicyclic) bond motifs is 1. The standard InChI is InChI=1S/C14H9F2N3O5/c15-14(16)23-10-2-1-8(5-11(10)24-14)19-12(20)7-22-13(21)9-6-17-3-4-18-9/h1-6H,7H2,(H,19,20). The molecular formula is C14H9F2N3O5. The number of nitrogens with zero attached hydrogens (tertiary/aromatic N) is 2. The first-order valence-corrected chi connectivity index (χ1v) is 6.56. The number of hydrogen-bond acceptors (Lipinski definition) is 7. The van der Waals surface area contributed by atoms with E-state index in [2.05, 4.69) is 24.8 Å². The maximum absolute atomic E-state index is 12.9. The molecule has 0 saturated heterocycles. The first kappa shape index (κ1) is 15.6. The molecule has 0 atom stereocenters. The summed E-state index contributed by atoms with van der Waals surface area (Å²) in [5.74, 6) is -1.84. The van der Waals surface area contributed by atoms with Gasteiger partial charge in [-0.05, 0) is 12.1 Å². The number of esters is 1. The Morgan fingerprint density at radius 1 is 1.21 bits per heavy atom. The molecule has 8 nitrogen and oxygen atoms in total. The van der Waals surface area contributed by atoms with E-state index in [1.54, 1.807) is 0 Å². The molecule has 1 amide bonds. The molecule has 1 aliphatic heterocycles. The second-order valence-electron chi connectivity index (χ2n) is 4.54. The van der Waals surface area contributed by atoms with Crippen LogP contribution in [0, 0.1) is 0 Å². The van der Waals surface area contributed by atoms with Crippen LogP contribution in [0.5, 0.6) is 11.5 Å². The molecule has 0 fully saturated rings. The van der Waals surface area contributed by atoms with Gasteiger partial charge in [-0.25, -0.2) is 9.78 Å². The van der Waals surface area contributed by atoms with Crippen molar-refractivity contribution in [3.05, 3.63) is 42.5 Å². The minimum Gasteiger partial charge on any atom is -0.451 e. The number of nitrogens with one attached hydrogen (secondary N) is 1. The average molecular weight is 337 g/mol. The fraction of sp³-hybridized carbons (Fsp3) is 0.143. The number of aromatic nitrogens is 2. The Morgan fingerprint density at radius 3 is 2.75 bits per heavy atom.